The number of hydrogen-bond donors (Lipinski definition) is 1. The van der Waals surface area contributed by atoms with Crippen molar-refractivity contribution in [1.29, 1.82) is 0 Å². The molecule has 1 aromatic heterocycles. The van der Waals surface area contributed by atoms with Gasteiger partial charge in [0.2, 0.25) is 0 Å². The summed E-state index contributed by atoms with van der Waals surface area (Å²) in [6.07, 6.45) is 0. The van der Waals surface area contributed by atoms with Crippen molar-refractivity contribution >= 4 is 21.4 Å². The molecule has 1 nitrogen and oxygen atoms in total. The molecule has 2 rings (SSSR count). The molecule has 0 aliphatic carbocycles. The van der Waals surface area contributed by atoms with Crippen molar-refractivity contribution in [2.75, 3.05) is 6.54 Å². The molecule has 1 aromatic carbocycles. The number of nitrogens with one attached hydrogen (secondary N) is 1. The average molecular weight is 223 g/mol. The van der Waals surface area contributed by atoms with Gasteiger partial charge in [0, 0.05) is 16.1 Å². The zero-order valence-electron chi connectivity index (χ0n) is 8.93. The van der Waals surface area contributed by atoms with E-state index in [1.54, 1.807) is 17.4 Å². The van der Waals surface area contributed by atoms with Crippen molar-refractivity contribution in [3.63, 3.8) is 0 Å². The smallest absolute Gasteiger partial charge is 0.124 e. The normalized spacial score (nSPS) is 11.1. The van der Waals surface area contributed by atoms with Gasteiger partial charge < -0.3 is 5.32 Å². The second kappa shape index (κ2) is 4.29. The first kappa shape index (κ1) is 10.6. The fourth-order valence-corrected chi connectivity index (χ4v) is 2.86. The highest BCUT2D eigenvalue weighted by atomic mass is 32.1. The molecule has 0 spiro atoms. The molecular weight excluding hydrogens is 209 g/mol. The Morgan fingerprint density at radius 2 is 2.20 bits per heavy atom. The third-order valence-electron chi connectivity index (χ3n) is 2.53. The summed E-state index contributed by atoms with van der Waals surface area (Å²) in [6, 6.07) is 5.01. The third-order valence-corrected chi connectivity index (χ3v) is 3.79. The Morgan fingerprint density at radius 1 is 1.40 bits per heavy atom. The molecule has 1 heterocycles. The predicted octanol–water partition coefficient (Wildman–Crippen LogP) is 3.46. The second-order valence-electron chi connectivity index (χ2n) is 3.57. The van der Waals surface area contributed by atoms with Gasteiger partial charge in [-0.1, -0.05) is 13.0 Å². The van der Waals surface area contributed by atoms with Gasteiger partial charge in [-0.3, -0.25) is 0 Å². The Labute approximate surface area is 92.9 Å². The summed E-state index contributed by atoms with van der Waals surface area (Å²) in [5.74, 6) is -0.154. The Morgan fingerprint density at radius 3 is 2.93 bits per heavy atom. The van der Waals surface area contributed by atoms with E-state index in [4.69, 9.17) is 0 Å². The standard InChI is InChI=1S/C12H14FNS/c1-3-14-7-12-8(2)10-5-4-9(13)6-11(10)15-12/h4-6,14H,3,7H2,1-2H3. The van der Waals surface area contributed by atoms with Crippen molar-refractivity contribution in [2.24, 2.45) is 0 Å². The number of hydrogen-bond acceptors (Lipinski definition) is 2. The maximum absolute atomic E-state index is 13.0. The molecule has 0 fully saturated rings. The van der Waals surface area contributed by atoms with E-state index >= 15 is 0 Å². The fourth-order valence-electron chi connectivity index (χ4n) is 1.66. The van der Waals surface area contributed by atoms with E-state index in [-0.39, 0.29) is 5.82 Å². The summed E-state index contributed by atoms with van der Waals surface area (Å²) in [5, 5.41) is 4.47. The minimum Gasteiger partial charge on any atom is -0.312 e. The summed E-state index contributed by atoms with van der Waals surface area (Å²) in [5.41, 5.74) is 1.27. The average Bonchev–Trinajstić information content (AvgIpc) is 2.52. The van der Waals surface area contributed by atoms with Gasteiger partial charge >= 0.3 is 0 Å². The highest BCUT2D eigenvalue weighted by Gasteiger charge is 2.08. The molecule has 15 heavy (non-hydrogen) atoms. The van der Waals surface area contributed by atoms with Crippen LogP contribution in [0.4, 0.5) is 4.39 Å². The van der Waals surface area contributed by atoms with E-state index in [0.29, 0.717) is 0 Å². The highest BCUT2D eigenvalue weighted by molar-refractivity contribution is 7.19. The number of aryl methyl sites for hydroxylation is 1. The first-order valence-corrected chi connectivity index (χ1v) is 5.92. The van der Waals surface area contributed by atoms with Gasteiger partial charge in [0.1, 0.15) is 5.82 Å². The van der Waals surface area contributed by atoms with Crippen molar-refractivity contribution in [1.82, 2.24) is 5.32 Å². The molecule has 0 aliphatic rings. The third kappa shape index (κ3) is 2.03. The molecule has 2 aromatic rings. The van der Waals surface area contributed by atoms with Gasteiger partial charge in [-0.25, -0.2) is 4.39 Å². The van der Waals surface area contributed by atoms with Crippen molar-refractivity contribution in [3.8, 4) is 0 Å². The molecule has 0 aliphatic heterocycles. The Hall–Kier alpha value is -0.930. The molecule has 0 radical (unpaired) electrons. The molecule has 0 atom stereocenters. The maximum atomic E-state index is 13.0. The van der Waals surface area contributed by atoms with E-state index in [0.717, 1.165) is 17.8 Å². The number of rotatable bonds is 3. The number of thiophene rings is 1. The van der Waals surface area contributed by atoms with Crippen LogP contribution < -0.4 is 5.32 Å². The topological polar surface area (TPSA) is 12.0 Å². The van der Waals surface area contributed by atoms with Crippen LogP contribution in [0, 0.1) is 12.7 Å². The summed E-state index contributed by atoms with van der Waals surface area (Å²) >= 11 is 1.68. The van der Waals surface area contributed by atoms with E-state index in [1.807, 2.05) is 6.07 Å². The van der Waals surface area contributed by atoms with Crippen LogP contribution in [0.2, 0.25) is 0 Å². The lowest BCUT2D eigenvalue weighted by atomic mass is 10.1. The first-order chi connectivity index (χ1) is 7.22. The van der Waals surface area contributed by atoms with Crippen molar-refractivity contribution in [3.05, 3.63) is 34.5 Å². The molecular formula is C12H14FNS. The molecule has 0 saturated heterocycles. The second-order valence-corrected chi connectivity index (χ2v) is 4.71. The van der Waals surface area contributed by atoms with Crippen LogP contribution in [-0.4, -0.2) is 6.54 Å². The first-order valence-electron chi connectivity index (χ1n) is 5.10. The van der Waals surface area contributed by atoms with Crippen LogP contribution in [0.3, 0.4) is 0 Å². The summed E-state index contributed by atoms with van der Waals surface area (Å²) in [7, 11) is 0. The van der Waals surface area contributed by atoms with Gasteiger partial charge in [-0.2, -0.15) is 0 Å². The van der Waals surface area contributed by atoms with Crippen LogP contribution in [-0.2, 0) is 6.54 Å². The van der Waals surface area contributed by atoms with Crippen LogP contribution in [0.1, 0.15) is 17.4 Å². The summed E-state index contributed by atoms with van der Waals surface area (Å²) in [4.78, 5) is 1.30. The quantitative estimate of drug-likeness (QED) is 0.840. The van der Waals surface area contributed by atoms with Crippen LogP contribution >= 0.6 is 11.3 Å². The van der Waals surface area contributed by atoms with Gasteiger partial charge in [0.05, 0.1) is 0 Å². The zero-order chi connectivity index (χ0) is 10.8. The van der Waals surface area contributed by atoms with E-state index < -0.39 is 0 Å². The number of benzene rings is 1. The van der Waals surface area contributed by atoms with Gasteiger partial charge in [-0.15, -0.1) is 11.3 Å². The molecule has 80 valence electrons. The minimum absolute atomic E-state index is 0.154. The highest BCUT2D eigenvalue weighted by Crippen LogP contribution is 2.31. The predicted molar refractivity (Wildman–Crippen MR) is 63.9 cm³/mol. The van der Waals surface area contributed by atoms with Gasteiger partial charge in [0.15, 0.2) is 0 Å². The molecule has 0 amide bonds. The lowest BCUT2D eigenvalue weighted by Crippen LogP contribution is -2.11. The summed E-state index contributed by atoms with van der Waals surface area (Å²) in [6.45, 7) is 6.02. The summed E-state index contributed by atoms with van der Waals surface area (Å²) < 4.78 is 14.1. The minimum atomic E-state index is -0.154. The SMILES string of the molecule is CCNCc1sc2cc(F)ccc2c1C. The largest absolute Gasteiger partial charge is 0.312 e. The lowest BCUT2D eigenvalue weighted by molar-refractivity contribution is 0.630. The van der Waals surface area contributed by atoms with E-state index in [9.17, 15) is 4.39 Å². The van der Waals surface area contributed by atoms with Crippen LogP contribution in [0.15, 0.2) is 18.2 Å². The Bertz CT molecular complexity index is 476. The van der Waals surface area contributed by atoms with Crippen molar-refractivity contribution in [2.45, 2.75) is 20.4 Å². The molecule has 0 unspecified atom stereocenters. The Kier molecular flexibility index (Phi) is 3.03. The number of halogens is 1. The monoisotopic (exact) mass is 223 g/mol. The molecule has 3 heteroatoms. The zero-order valence-corrected chi connectivity index (χ0v) is 9.75. The fraction of sp³-hybridized carbons (Fsp3) is 0.333. The van der Waals surface area contributed by atoms with Gasteiger partial charge in [0.25, 0.3) is 0 Å². The van der Waals surface area contributed by atoms with E-state index in [2.05, 4.69) is 19.2 Å². The molecule has 1 N–H and O–H groups in total. The van der Waals surface area contributed by atoms with Crippen molar-refractivity contribution < 1.29 is 4.39 Å². The van der Waals surface area contributed by atoms with Crippen LogP contribution in [0.25, 0.3) is 10.1 Å². The lowest BCUT2D eigenvalue weighted by Gasteiger charge is -1.99. The number of fused-ring (bicyclic) bond motifs is 1. The van der Waals surface area contributed by atoms with E-state index in [1.165, 1.54) is 21.9 Å². The van der Waals surface area contributed by atoms with Crippen LogP contribution in [0.5, 0.6) is 0 Å². The Balaban J connectivity index is 2.44. The molecule has 0 saturated carbocycles. The maximum Gasteiger partial charge on any atom is 0.124 e. The molecule has 0 bridgehead atoms. The van der Waals surface area contributed by atoms with Gasteiger partial charge in [-0.05, 0) is 36.6 Å².